The van der Waals surface area contributed by atoms with Crippen molar-refractivity contribution in [2.24, 2.45) is 0 Å². The lowest BCUT2D eigenvalue weighted by molar-refractivity contribution is 0.555. The fraction of sp³-hybridized carbons (Fsp3) is 0.364. The lowest BCUT2D eigenvalue weighted by Gasteiger charge is -2.08. The van der Waals surface area contributed by atoms with Gasteiger partial charge in [0.15, 0.2) is 5.58 Å². The Balaban J connectivity index is 2.15. The Morgan fingerprint density at radius 2 is 2.28 bits per heavy atom. The molecule has 2 aromatic rings. The molecule has 4 N–H and O–H groups in total. The van der Waals surface area contributed by atoms with Crippen LogP contribution in [0.4, 0.5) is 11.4 Å². The van der Waals surface area contributed by atoms with Gasteiger partial charge >= 0.3 is 5.76 Å². The van der Waals surface area contributed by atoms with Crippen molar-refractivity contribution in [1.82, 2.24) is 4.98 Å². The molecule has 98 valence electrons. The number of nitrogens with one attached hydrogen (secondary N) is 2. The number of H-pyrrole nitrogens is 1. The molecule has 0 aliphatic heterocycles. The van der Waals surface area contributed by atoms with Crippen LogP contribution >= 0.6 is 0 Å². The maximum Gasteiger partial charge on any atom is 0.417 e. The van der Waals surface area contributed by atoms with Gasteiger partial charge in [-0.3, -0.25) is 9.19 Å². The van der Waals surface area contributed by atoms with Gasteiger partial charge in [0.05, 0.1) is 16.9 Å². The third kappa shape index (κ3) is 2.73. The molecular weight excluding hydrogens is 254 g/mol. The molecule has 0 spiro atoms. The van der Waals surface area contributed by atoms with E-state index in [-0.39, 0.29) is 0 Å². The predicted molar refractivity (Wildman–Crippen MR) is 73.3 cm³/mol. The summed E-state index contributed by atoms with van der Waals surface area (Å²) in [6.45, 7) is 2.45. The van der Waals surface area contributed by atoms with Crippen LogP contribution in [0.5, 0.6) is 0 Å². The highest BCUT2D eigenvalue weighted by molar-refractivity contribution is 7.84. The zero-order chi connectivity index (χ0) is 13.1. The monoisotopic (exact) mass is 269 g/mol. The number of aromatic amines is 1. The van der Waals surface area contributed by atoms with Crippen molar-refractivity contribution in [2.45, 2.75) is 6.92 Å². The van der Waals surface area contributed by atoms with Crippen LogP contribution in [0.15, 0.2) is 21.3 Å². The molecule has 1 heterocycles. The summed E-state index contributed by atoms with van der Waals surface area (Å²) in [5, 5.41) is 3.10. The first-order valence-corrected chi connectivity index (χ1v) is 7.10. The summed E-state index contributed by atoms with van der Waals surface area (Å²) < 4.78 is 16.2. The Hall–Kier alpha value is -1.76. The number of nitrogen functional groups attached to an aromatic ring is 1. The molecule has 1 aromatic heterocycles. The van der Waals surface area contributed by atoms with E-state index in [0.717, 1.165) is 0 Å². The van der Waals surface area contributed by atoms with Crippen LogP contribution in [0.25, 0.3) is 11.1 Å². The van der Waals surface area contributed by atoms with Gasteiger partial charge in [0.25, 0.3) is 0 Å². The molecule has 6 nitrogen and oxygen atoms in total. The van der Waals surface area contributed by atoms with Crippen LogP contribution in [-0.4, -0.2) is 27.2 Å². The third-order valence-corrected chi connectivity index (χ3v) is 3.86. The smallest absolute Gasteiger partial charge is 0.408 e. The van der Waals surface area contributed by atoms with E-state index in [2.05, 4.69) is 10.3 Å². The number of oxazole rings is 1. The fourth-order valence-electron chi connectivity index (χ4n) is 1.61. The number of anilines is 2. The summed E-state index contributed by atoms with van der Waals surface area (Å²) in [5.41, 5.74) is 8.05. The molecule has 0 bridgehead atoms. The normalized spacial score (nSPS) is 12.7. The summed E-state index contributed by atoms with van der Waals surface area (Å²) in [4.78, 5) is 13.6. The average Bonchev–Trinajstić information content (AvgIpc) is 2.68. The van der Waals surface area contributed by atoms with Crippen LogP contribution < -0.4 is 16.8 Å². The molecule has 0 amide bonds. The minimum absolute atomic E-state index is 0.431. The lowest BCUT2D eigenvalue weighted by Crippen LogP contribution is -2.12. The van der Waals surface area contributed by atoms with E-state index in [4.69, 9.17) is 10.2 Å². The molecule has 2 rings (SSSR count). The molecule has 0 aliphatic carbocycles. The van der Waals surface area contributed by atoms with E-state index in [1.54, 1.807) is 12.1 Å². The quantitative estimate of drug-likeness (QED) is 0.700. The molecule has 0 saturated carbocycles. The summed E-state index contributed by atoms with van der Waals surface area (Å²) in [7, 11) is -0.810. The van der Waals surface area contributed by atoms with Gasteiger partial charge in [-0.25, -0.2) is 4.79 Å². The second-order valence-electron chi connectivity index (χ2n) is 3.81. The Morgan fingerprint density at radius 1 is 1.50 bits per heavy atom. The van der Waals surface area contributed by atoms with Crippen LogP contribution in [0.1, 0.15) is 6.92 Å². The first-order chi connectivity index (χ1) is 8.60. The van der Waals surface area contributed by atoms with Crippen LogP contribution in [0, 0.1) is 0 Å². The number of fused-ring (bicyclic) bond motifs is 1. The van der Waals surface area contributed by atoms with Crippen LogP contribution in [0.2, 0.25) is 0 Å². The molecule has 1 atom stereocenters. The van der Waals surface area contributed by atoms with Gasteiger partial charge in [-0.2, -0.15) is 0 Å². The number of hydrogen-bond donors (Lipinski definition) is 3. The van der Waals surface area contributed by atoms with Crippen molar-refractivity contribution >= 4 is 33.3 Å². The molecule has 18 heavy (non-hydrogen) atoms. The van der Waals surface area contributed by atoms with Crippen molar-refractivity contribution in [3.63, 3.8) is 0 Å². The van der Waals surface area contributed by atoms with Crippen molar-refractivity contribution in [3.05, 3.63) is 22.7 Å². The number of rotatable bonds is 5. The topological polar surface area (TPSA) is 101 Å². The minimum Gasteiger partial charge on any atom is -0.408 e. The molecule has 0 fully saturated rings. The van der Waals surface area contributed by atoms with E-state index in [1.165, 1.54) is 0 Å². The van der Waals surface area contributed by atoms with Crippen molar-refractivity contribution in [3.8, 4) is 0 Å². The zero-order valence-electron chi connectivity index (χ0n) is 9.99. The van der Waals surface area contributed by atoms with E-state index in [0.29, 0.717) is 40.5 Å². The minimum atomic E-state index is -0.810. The highest BCUT2D eigenvalue weighted by Crippen LogP contribution is 2.24. The standard InChI is InChI=1S/C11H15N3O3S/c1-2-18(16)4-3-13-8-6-9-10(5-7(8)12)17-11(15)14-9/h5-6,13H,2-4,12H2,1H3,(H,14,15). The Kier molecular flexibility index (Phi) is 3.71. The Labute approximate surface area is 106 Å². The maximum atomic E-state index is 11.3. The molecule has 0 aliphatic rings. The molecule has 0 radical (unpaired) electrons. The Bertz CT molecular complexity index is 632. The Morgan fingerprint density at radius 3 is 3.00 bits per heavy atom. The maximum absolute atomic E-state index is 11.3. The van der Waals surface area contributed by atoms with Gasteiger partial charge in [0.1, 0.15) is 0 Å². The van der Waals surface area contributed by atoms with E-state index in [1.807, 2.05) is 6.92 Å². The number of benzene rings is 1. The van der Waals surface area contributed by atoms with Crippen LogP contribution in [-0.2, 0) is 10.8 Å². The van der Waals surface area contributed by atoms with Gasteiger partial charge in [0.2, 0.25) is 0 Å². The highest BCUT2D eigenvalue weighted by Gasteiger charge is 2.06. The zero-order valence-corrected chi connectivity index (χ0v) is 10.8. The van der Waals surface area contributed by atoms with E-state index < -0.39 is 16.6 Å². The first kappa shape index (κ1) is 12.7. The second kappa shape index (κ2) is 5.26. The van der Waals surface area contributed by atoms with Gasteiger partial charge < -0.3 is 15.5 Å². The number of nitrogens with two attached hydrogens (primary N) is 1. The van der Waals surface area contributed by atoms with Crippen molar-refractivity contribution in [1.29, 1.82) is 0 Å². The summed E-state index contributed by atoms with van der Waals surface area (Å²) in [6.07, 6.45) is 0. The number of aromatic nitrogens is 1. The molecule has 1 aromatic carbocycles. The van der Waals surface area contributed by atoms with Gasteiger partial charge in [0, 0.05) is 34.9 Å². The van der Waals surface area contributed by atoms with Crippen molar-refractivity contribution < 1.29 is 8.63 Å². The van der Waals surface area contributed by atoms with Crippen molar-refractivity contribution in [2.75, 3.05) is 29.1 Å². The molecule has 0 saturated heterocycles. The SMILES string of the molecule is CCS(=O)CCNc1cc2[nH]c(=O)oc2cc1N. The molecular formula is C11H15N3O3S. The summed E-state index contributed by atoms with van der Waals surface area (Å²) in [6, 6.07) is 3.30. The van der Waals surface area contributed by atoms with Gasteiger partial charge in [-0.05, 0) is 6.07 Å². The lowest BCUT2D eigenvalue weighted by atomic mass is 10.2. The average molecular weight is 269 g/mol. The third-order valence-electron chi connectivity index (χ3n) is 2.56. The second-order valence-corrected chi connectivity index (χ2v) is 5.67. The molecule has 1 unspecified atom stereocenters. The summed E-state index contributed by atoms with van der Waals surface area (Å²) >= 11 is 0. The van der Waals surface area contributed by atoms with Crippen LogP contribution in [0.3, 0.4) is 0 Å². The van der Waals surface area contributed by atoms with Gasteiger partial charge in [-0.15, -0.1) is 0 Å². The fourth-order valence-corrected chi connectivity index (χ4v) is 2.23. The summed E-state index contributed by atoms with van der Waals surface area (Å²) in [5.74, 6) is 0.704. The molecule has 7 heteroatoms. The predicted octanol–water partition coefficient (Wildman–Crippen LogP) is 0.884. The highest BCUT2D eigenvalue weighted by atomic mass is 32.2. The first-order valence-electron chi connectivity index (χ1n) is 5.61. The van der Waals surface area contributed by atoms with E-state index in [9.17, 15) is 9.00 Å². The largest absolute Gasteiger partial charge is 0.417 e. The number of hydrogen-bond acceptors (Lipinski definition) is 5. The van der Waals surface area contributed by atoms with E-state index >= 15 is 0 Å². The van der Waals surface area contributed by atoms with Gasteiger partial charge in [-0.1, -0.05) is 6.92 Å².